The highest BCUT2D eigenvalue weighted by Crippen LogP contribution is 2.03. The van der Waals surface area contributed by atoms with Crippen molar-refractivity contribution in [3.8, 4) is 0 Å². The van der Waals surface area contributed by atoms with E-state index < -0.39 is 29.4 Å². The summed E-state index contributed by atoms with van der Waals surface area (Å²) in [5, 5.41) is 17.0. The molecule has 0 fully saturated rings. The molecular formula is C6H10FN5O3. The van der Waals surface area contributed by atoms with E-state index in [1.807, 2.05) is 0 Å². The van der Waals surface area contributed by atoms with E-state index in [0.717, 1.165) is 16.3 Å². The molecule has 8 nitrogen and oxygen atoms in total. The fraction of sp³-hybridized carbons (Fsp3) is 0.833. The van der Waals surface area contributed by atoms with Crippen LogP contribution in [0.5, 0.6) is 0 Å². The summed E-state index contributed by atoms with van der Waals surface area (Å²) in [5.41, 5.74) is -0.604. The number of nitro groups is 1. The van der Waals surface area contributed by atoms with Gasteiger partial charge in [0, 0.05) is 18.9 Å². The van der Waals surface area contributed by atoms with Crippen molar-refractivity contribution in [3.63, 3.8) is 0 Å². The second-order valence-electron chi connectivity index (χ2n) is 3.11. The molecule has 0 saturated heterocycles. The third-order valence-electron chi connectivity index (χ3n) is 1.98. The monoisotopic (exact) mass is 219 g/mol. The molecule has 0 N–H and O–H groups in total. The molecule has 0 aliphatic heterocycles. The molecule has 0 aliphatic rings. The van der Waals surface area contributed by atoms with Crippen molar-refractivity contribution in [2.45, 2.75) is 25.7 Å². The van der Waals surface area contributed by atoms with Gasteiger partial charge >= 0.3 is 5.69 Å². The number of hydrogen-bond donors (Lipinski definition) is 0. The van der Waals surface area contributed by atoms with Crippen LogP contribution in [-0.4, -0.2) is 36.9 Å². The lowest BCUT2D eigenvalue weighted by Gasteiger charge is -2.08. The van der Waals surface area contributed by atoms with Crippen molar-refractivity contribution < 1.29 is 9.31 Å². The number of aryl methyl sites for hydroxylation is 1. The van der Waals surface area contributed by atoms with Gasteiger partial charge in [-0.2, -0.15) is 9.36 Å². The minimum Gasteiger partial charge on any atom is -0.264 e. The Balaban J connectivity index is 2.75. The van der Waals surface area contributed by atoms with E-state index in [9.17, 15) is 19.3 Å². The normalized spacial score (nSPS) is 14.9. The number of alkyl halides is 1. The summed E-state index contributed by atoms with van der Waals surface area (Å²) in [6.07, 6.45) is -1.77. The van der Waals surface area contributed by atoms with Crippen molar-refractivity contribution in [1.82, 2.24) is 19.8 Å². The average Bonchev–Trinajstić information content (AvgIpc) is 2.48. The quantitative estimate of drug-likeness (QED) is 0.477. The molecule has 0 radical (unpaired) electrons. The SMILES string of the molecule is CC([C@H](F)Cn1nnn(C)c1=O)[N+](=O)[O-]. The van der Waals surface area contributed by atoms with Crippen LogP contribution in [-0.2, 0) is 13.6 Å². The Kier molecular flexibility index (Phi) is 3.12. The van der Waals surface area contributed by atoms with Crippen LogP contribution >= 0.6 is 0 Å². The van der Waals surface area contributed by atoms with Gasteiger partial charge in [-0.15, -0.1) is 0 Å². The highest BCUT2D eigenvalue weighted by Gasteiger charge is 2.27. The summed E-state index contributed by atoms with van der Waals surface area (Å²) in [4.78, 5) is 20.7. The van der Waals surface area contributed by atoms with Gasteiger partial charge in [-0.25, -0.2) is 9.18 Å². The predicted molar refractivity (Wildman–Crippen MR) is 46.6 cm³/mol. The molecule has 1 aromatic heterocycles. The van der Waals surface area contributed by atoms with Crippen molar-refractivity contribution in [1.29, 1.82) is 0 Å². The van der Waals surface area contributed by atoms with Crippen LogP contribution in [0.1, 0.15) is 6.92 Å². The maximum absolute atomic E-state index is 13.2. The number of tetrazole rings is 1. The van der Waals surface area contributed by atoms with Crippen molar-refractivity contribution in [2.24, 2.45) is 7.05 Å². The highest BCUT2D eigenvalue weighted by atomic mass is 19.1. The van der Waals surface area contributed by atoms with Crippen LogP contribution in [0.4, 0.5) is 4.39 Å². The summed E-state index contributed by atoms with van der Waals surface area (Å²) in [7, 11) is 1.36. The maximum Gasteiger partial charge on any atom is 0.363 e. The molecule has 1 unspecified atom stereocenters. The molecule has 2 atom stereocenters. The van der Waals surface area contributed by atoms with E-state index in [4.69, 9.17) is 0 Å². The molecule has 9 heteroatoms. The lowest BCUT2D eigenvalue weighted by Crippen LogP contribution is -2.35. The second-order valence-corrected chi connectivity index (χ2v) is 3.11. The Labute approximate surface area is 83.4 Å². The van der Waals surface area contributed by atoms with Gasteiger partial charge in [0.1, 0.15) is 0 Å². The predicted octanol–water partition coefficient (Wildman–Crippen LogP) is -1.02. The molecule has 15 heavy (non-hydrogen) atoms. The summed E-state index contributed by atoms with van der Waals surface area (Å²) in [6, 6.07) is -1.38. The third kappa shape index (κ3) is 2.36. The number of halogens is 1. The Morgan fingerprint density at radius 1 is 1.60 bits per heavy atom. The van der Waals surface area contributed by atoms with Gasteiger partial charge in [0.05, 0.1) is 6.54 Å². The number of nitrogens with zero attached hydrogens (tertiary/aromatic N) is 5. The van der Waals surface area contributed by atoms with Crippen LogP contribution in [0.3, 0.4) is 0 Å². The van der Waals surface area contributed by atoms with Crippen LogP contribution in [0, 0.1) is 10.1 Å². The first-order valence-corrected chi connectivity index (χ1v) is 4.18. The zero-order valence-electron chi connectivity index (χ0n) is 8.20. The molecule has 0 aliphatic carbocycles. The lowest BCUT2D eigenvalue weighted by atomic mass is 10.2. The second kappa shape index (κ2) is 4.15. The first kappa shape index (κ1) is 11.3. The van der Waals surface area contributed by atoms with Gasteiger partial charge < -0.3 is 0 Å². The fourth-order valence-corrected chi connectivity index (χ4v) is 0.916. The molecule has 84 valence electrons. The Morgan fingerprint density at radius 2 is 2.20 bits per heavy atom. The molecular weight excluding hydrogens is 209 g/mol. The first-order valence-electron chi connectivity index (χ1n) is 4.18. The minimum absolute atomic E-state index is 0.463. The molecule has 0 bridgehead atoms. The van der Waals surface area contributed by atoms with Gasteiger partial charge in [-0.1, -0.05) is 0 Å². The van der Waals surface area contributed by atoms with Crippen molar-refractivity contribution >= 4 is 0 Å². The molecule has 1 rings (SSSR count). The van der Waals surface area contributed by atoms with Gasteiger partial charge in [-0.05, 0) is 10.4 Å². The zero-order chi connectivity index (χ0) is 11.6. The number of hydrogen-bond acceptors (Lipinski definition) is 5. The first-order chi connectivity index (χ1) is 6.93. The van der Waals surface area contributed by atoms with Crippen LogP contribution in [0.2, 0.25) is 0 Å². The topological polar surface area (TPSA) is 95.8 Å². The van der Waals surface area contributed by atoms with Crippen LogP contribution in [0.15, 0.2) is 4.79 Å². The van der Waals surface area contributed by atoms with Crippen molar-refractivity contribution in [3.05, 3.63) is 20.6 Å². The summed E-state index contributed by atoms with van der Waals surface area (Å²) in [6.45, 7) is 0.668. The molecule has 0 saturated carbocycles. The van der Waals surface area contributed by atoms with E-state index in [1.54, 1.807) is 0 Å². The van der Waals surface area contributed by atoms with E-state index in [2.05, 4.69) is 10.4 Å². The highest BCUT2D eigenvalue weighted by molar-refractivity contribution is 4.66. The van der Waals surface area contributed by atoms with E-state index in [0.29, 0.717) is 0 Å². The number of rotatable bonds is 4. The standard InChI is InChI=1S/C6H10FN5O3/c1-4(12(14)15)5(7)3-11-6(13)10(2)8-9-11/h4-5H,3H2,1-2H3/t4?,5-/m1/s1. The van der Waals surface area contributed by atoms with E-state index in [-0.39, 0.29) is 0 Å². The van der Waals surface area contributed by atoms with Crippen LogP contribution in [0.25, 0.3) is 0 Å². The van der Waals surface area contributed by atoms with Gasteiger partial charge in [-0.3, -0.25) is 10.1 Å². The van der Waals surface area contributed by atoms with Gasteiger partial charge in [0.2, 0.25) is 6.04 Å². The zero-order valence-corrected chi connectivity index (χ0v) is 8.20. The molecule has 1 aromatic rings. The fourth-order valence-electron chi connectivity index (χ4n) is 0.916. The van der Waals surface area contributed by atoms with Gasteiger partial charge in [0.25, 0.3) is 0 Å². The van der Waals surface area contributed by atoms with E-state index >= 15 is 0 Å². The van der Waals surface area contributed by atoms with Crippen molar-refractivity contribution in [2.75, 3.05) is 0 Å². The molecule has 1 heterocycles. The smallest absolute Gasteiger partial charge is 0.264 e. The lowest BCUT2D eigenvalue weighted by molar-refractivity contribution is -0.527. The summed E-state index contributed by atoms with van der Waals surface area (Å²) in [5.74, 6) is 0. The summed E-state index contributed by atoms with van der Waals surface area (Å²) >= 11 is 0. The Morgan fingerprint density at radius 3 is 2.60 bits per heavy atom. The van der Waals surface area contributed by atoms with Crippen LogP contribution < -0.4 is 5.69 Å². The van der Waals surface area contributed by atoms with E-state index in [1.165, 1.54) is 7.05 Å². The van der Waals surface area contributed by atoms with Gasteiger partial charge in [0.15, 0.2) is 6.17 Å². The largest absolute Gasteiger partial charge is 0.363 e. The Hall–Kier alpha value is -1.80. The third-order valence-corrected chi connectivity index (χ3v) is 1.98. The average molecular weight is 219 g/mol. The summed E-state index contributed by atoms with van der Waals surface area (Å²) < 4.78 is 14.9. The molecule has 0 spiro atoms. The maximum atomic E-state index is 13.2. The number of aromatic nitrogens is 4. The Bertz CT molecular complexity index is 413. The molecule has 0 amide bonds. The molecule has 0 aromatic carbocycles. The minimum atomic E-state index is -1.77.